The van der Waals surface area contributed by atoms with E-state index in [1.54, 1.807) is 0 Å². The molecule has 0 saturated heterocycles. The summed E-state index contributed by atoms with van der Waals surface area (Å²) in [5, 5.41) is 5.33. The summed E-state index contributed by atoms with van der Waals surface area (Å²) in [6, 6.07) is 46.2. The second-order valence-electron chi connectivity index (χ2n) is 33.4. The maximum atomic E-state index is 5.89. The molecule has 0 aliphatic carbocycles. The van der Waals surface area contributed by atoms with Gasteiger partial charge in [-0.3, -0.25) is 0 Å². The molecule has 0 spiro atoms. The van der Waals surface area contributed by atoms with E-state index in [2.05, 4.69) is 291 Å². The summed E-state index contributed by atoms with van der Waals surface area (Å²) in [6.07, 6.45) is 0. The summed E-state index contributed by atoms with van der Waals surface area (Å²) in [5.41, 5.74) is 26.6. The third-order valence-electron chi connectivity index (χ3n) is 18.6. The fraction of sp³-hybridized carbons (Fsp3) is 0.410. The van der Waals surface area contributed by atoms with E-state index in [-0.39, 0.29) is 50.0 Å². The van der Waals surface area contributed by atoms with Crippen LogP contribution in [0.5, 0.6) is 0 Å². The predicted molar refractivity (Wildman–Crippen MR) is 361 cm³/mol. The van der Waals surface area contributed by atoms with E-state index in [9.17, 15) is 0 Å². The van der Waals surface area contributed by atoms with Crippen LogP contribution in [0.2, 0.25) is 0 Å². The van der Waals surface area contributed by atoms with E-state index in [4.69, 9.17) is 9.97 Å². The maximum Gasteiger partial charge on any atom is 0.252 e. The Morgan fingerprint density at radius 2 is 0.651 bits per heavy atom. The molecule has 0 radical (unpaired) electrons. The molecule has 3 aromatic heterocycles. The first-order valence-corrected chi connectivity index (χ1v) is 30.8. The van der Waals surface area contributed by atoms with Crippen molar-refractivity contribution in [1.82, 2.24) is 19.1 Å². The van der Waals surface area contributed by atoms with Gasteiger partial charge in [0.15, 0.2) is 5.82 Å². The molecule has 0 N–H and O–H groups in total. The first-order valence-electron chi connectivity index (χ1n) is 30.8. The summed E-state index contributed by atoms with van der Waals surface area (Å²) in [7, 11) is 0. The summed E-state index contributed by atoms with van der Waals surface area (Å²) < 4.78 is 5.38. The van der Waals surface area contributed by atoms with Crippen molar-refractivity contribution in [2.24, 2.45) is 0 Å². The number of rotatable bonds is 3. The normalized spacial score (nSPS) is 14.2. The molecule has 0 saturated carbocycles. The molecule has 0 amide bonds. The SMILES string of the molecule is CC(C)(C)c1cc(-c2cc(-c3cc4c5c(c3)-n3c6cc(C(C)(C)C)cc(C(C)(C)C)c6c6cccc(c63)B5c3cccc5c6c(C(C)(C)C)cc(C(C)(C)C)cc6n-4c35)nc(-c3cc(C(C)(C)C)cc(C(C)(C)C)c3)n2)cc(C(C)(C)C)c1. The molecule has 0 fully saturated rings. The van der Waals surface area contributed by atoms with E-state index < -0.39 is 0 Å². The van der Waals surface area contributed by atoms with Crippen molar-refractivity contribution in [1.29, 1.82) is 0 Å². The average Bonchev–Trinajstić information content (AvgIpc) is 1.89. The number of aromatic nitrogens is 4. The zero-order valence-corrected chi connectivity index (χ0v) is 54.8. The summed E-state index contributed by atoms with van der Waals surface area (Å²) in [4.78, 5) is 11.6. The van der Waals surface area contributed by atoms with Gasteiger partial charge in [-0.25, -0.2) is 9.97 Å². The Bertz CT molecular complexity index is 4040. The minimum Gasteiger partial charge on any atom is -0.310 e. The molecular formula is C78H91BN4. The largest absolute Gasteiger partial charge is 0.310 e. The molecule has 0 atom stereocenters. The van der Waals surface area contributed by atoms with E-state index in [1.165, 1.54) is 116 Å². The molecule has 4 nitrogen and oxygen atoms in total. The zero-order valence-electron chi connectivity index (χ0n) is 54.8. The Morgan fingerprint density at radius 3 is 0.988 bits per heavy atom. The smallest absolute Gasteiger partial charge is 0.252 e. The average molecular weight is 1100 g/mol. The van der Waals surface area contributed by atoms with Crippen molar-refractivity contribution in [3.8, 4) is 45.3 Å². The Labute approximate surface area is 497 Å². The second-order valence-corrected chi connectivity index (χ2v) is 33.4. The number of fused-ring (bicyclic) bond motifs is 10. The molecule has 5 heteroatoms. The third-order valence-corrected chi connectivity index (χ3v) is 18.6. The van der Waals surface area contributed by atoms with Crippen LogP contribution in [-0.4, -0.2) is 25.8 Å². The standard InChI is InChI=1S/C78H91BN4/c1-71(2,3)47-31-44(32-48(37-47)72(4,5)6)59-43-60(81-70(80-59)46-33-49(73(7,8)9)38-50(34-46)74(10,11)12)45-35-63-67-64(36-45)83-62-42-52(76(16,17)18)40-56(78(22,23)24)66(62)54-28-26-30-58(69(54)83)79(67)57-29-25-27-53-65-55(77(19,20)21)39-51(75(13,14)15)41-61(65)82(63)68(53)57/h25-43H,1-24H3. The van der Waals surface area contributed by atoms with Gasteiger partial charge in [0.25, 0.3) is 6.71 Å². The monoisotopic (exact) mass is 1090 g/mol. The van der Waals surface area contributed by atoms with Crippen LogP contribution in [0.1, 0.15) is 211 Å². The molecule has 83 heavy (non-hydrogen) atoms. The highest BCUT2D eigenvalue weighted by Crippen LogP contribution is 2.48. The van der Waals surface area contributed by atoms with E-state index >= 15 is 0 Å². The van der Waals surface area contributed by atoms with Crippen LogP contribution in [0.15, 0.2) is 115 Å². The number of benzene rings is 7. The molecule has 2 aliphatic rings. The zero-order chi connectivity index (χ0) is 60.2. The van der Waals surface area contributed by atoms with E-state index in [0.29, 0.717) is 0 Å². The molecule has 7 aromatic carbocycles. The third kappa shape index (κ3) is 9.23. The highest BCUT2D eigenvalue weighted by molar-refractivity contribution is 7.00. The van der Waals surface area contributed by atoms with Crippen molar-refractivity contribution in [3.63, 3.8) is 0 Å². The molecule has 0 bridgehead atoms. The lowest BCUT2D eigenvalue weighted by Gasteiger charge is -2.34. The Hall–Kier alpha value is -6.72. The first kappa shape index (κ1) is 56.8. The van der Waals surface area contributed by atoms with Gasteiger partial charge in [0, 0.05) is 60.6 Å². The molecule has 0 unspecified atom stereocenters. The predicted octanol–water partition coefficient (Wildman–Crippen LogP) is 19.2. The van der Waals surface area contributed by atoms with E-state index in [1.807, 2.05) is 0 Å². The molecule has 5 heterocycles. The number of nitrogens with zero attached hydrogens (tertiary/aromatic N) is 4. The number of hydrogen-bond donors (Lipinski definition) is 0. The maximum absolute atomic E-state index is 5.89. The van der Waals surface area contributed by atoms with Gasteiger partial charge in [-0.15, -0.1) is 0 Å². The van der Waals surface area contributed by atoms with Gasteiger partial charge in [-0.2, -0.15) is 0 Å². The van der Waals surface area contributed by atoms with Gasteiger partial charge in [-0.1, -0.05) is 227 Å². The molecular weight excluding hydrogens is 1000 g/mol. The van der Waals surface area contributed by atoms with E-state index in [0.717, 1.165) is 33.9 Å². The quantitative estimate of drug-likeness (QED) is 0.165. The minimum atomic E-state index is -0.119. The lowest BCUT2D eigenvalue weighted by atomic mass is 9.34. The Morgan fingerprint density at radius 1 is 0.325 bits per heavy atom. The molecule has 2 aliphatic heterocycles. The van der Waals surface area contributed by atoms with Gasteiger partial charge in [0.05, 0.1) is 22.4 Å². The van der Waals surface area contributed by atoms with Crippen molar-refractivity contribution >= 4 is 66.7 Å². The van der Waals surface area contributed by atoms with Crippen LogP contribution in [0.25, 0.3) is 88.9 Å². The topological polar surface area (TPSA) is 35.6 Å². The highest BCUT2D eigenvalue weighted by Gasteiger charge is 2.43. The van der Waals surface area contributed by atoms with Crippen LogP contribution in [0, 0.1) is 0 Å². The van der Waals surface area contributed by atoms with Crippen LogP contribution in [0.3, 0.4) is 0 Å². The fourth-order valence-corrected chi connectivity index (χ4v) is 13.5. The second kappa shape index (κ2) is 17.9. The fourth-order valence-electron chi connectivity index (χ4n) is 13.5. The van der Waals surface area contributed by atoms with Crippen LogP contribution in [0.4, 0.5) is 0 Å². The van der Waals surface area contributed by atoms with Gasteiger partial charge >= 0.3 is 0 Å². The number of para-hydroxylation sites is 2. The minimum absolute atomic E-state index is 0.0149. The molecule has 10 aromatic rings. The van der Waals surface area contributed by atoms with Crippen LogP contribution in [-0.2, 0) is 43.3 Å². The summed E-state index contributed by atoms with van der Waals surface area (Å²) >= 11 is 0. The van der Waals surface area contributed by atoms with Crippen molar-refractivity contribution in [2.75, 3.05) is 0 Å². The van der Waals surface area contributed by atoms with Crippen molar-refractivity contribution in [3.05, 3.63) is 160 Å². The van der Waals surface area contributed by atoms with Gasteiger partial charge in [0.2, 0.25) is 0 Å². The van der Waals surface area contributed by atoms with Crippen molar-refractivity contribution < 1.29 is 0 Å². The number of hydrogen-bond acceptors (Lipinski definition) is 2. The van der Waals surface area contributed by atoms with Gasteiger partial charge in [-0.05, 0) is 159 Å². The first-order chi connectivity index (χ1) is 38.2. The lowest BCUT2D eigenvalue weighted by Crippen LogP contribution is -2.59. The Balaban J connectivity index is 1.29. The summed E-state index contributed by atoms with van der Waals surface area (Å²) in [5.74, 6) is 0.740. The van der Waals surface area contributed by atoms with Crippen molar-refractivity contribution in [2.45, 2.75) is 209 Å². The highest BCUT2D eigenvalue weighted by atomic mass is 15.0. The Kier molecular flexibility index (Phi) is 12.2. The summed E-state index contributed by atoms with van der Waals surface area (Å²) in [6.45, 7) is 56.5. The lowest BCUT2D eigenvalue weighted by molar-refractivity contribution is 0.568. The van der Waals surface area contributed by atoms with Crippen LogP contribution >= 0.6 is 0 Å². The van der Waals surface area contributed by atoms with Gasteiger partial charge in [0.1, 0.15) is 0 Å². The van der Waals surface area contributed by atoms with Gasteiger partial charge < -0.3 is 9.13 Å². The molecule has 426 valence electrons. The molecule has 12 rings (SSSR count). The van der Waals surface area contributed by atoms with Crippen LogP contribution < -0.4 is 16.4 Å².